The van der Waals surface area contributed by atoms with E-state index < -0.39 is 5.91 Å². The number of ether oxygens (including phenoxy) is 1. The Morgan fingerprint density at radius 1 is 1.41 bits per heavy atom. The predicted octanol–water partition coefficient (Wildman–Crippen LogP) is 1.02. The van der Waals surface area contributed by atoms with Gasteiger partial charge in [-0.15, -0.1) is 0 Å². The van der Waals surface area contributed by atoms with Crippen molar-refractivity contribution in [1.29, 1.82) is 0 Å². The maximum Gasteiger partial charge on any atom is 0.255 e. The molecule has 0 radical (unpaired) electrons. The van der Waals surface area contributed by atoms with Crippen LogP contribution in [0.3, 0.4) is 0 Å². The van der Waals surface area contributed by atoms with Crippen molar-refractivity contribution in [2.45, 2.75) is 26.3 Å². The maximum atomic E-state index is 10.7. The first-order chi connectivity index (χ1) is 10.7. The second kappa shape index (κ2) is 8.26. The van der Waals surface area contributed by atoms with E-state index in [-0.39, 0.29) is 6.61 Å². The van der Waals surface area contributed by atoms with Crippen LogP contribution in [0.5, 0.6) is 5.75 Å². The Kier molecular flexibility index (Phi) is 6.06. The van der Waals surface area contributed by atoms with Gasteiger partial charge in [-0.25, -0.2) is 4.99 Å². The van der Waals surface area contributed by atoms with Crippen molar-refractivity contribution in [3.8, 4) is 5.75 Å². The molecule has 0 aromatic heterocycles. The molecule has 6 nitrogen and oxygen atoms in total. The van der Waals surface area contributed by atoms with Crippen molar-refractivity contribution in [2.24, 2.45) is 16.6 Å². The fourth-order valence-corrected chi connectivity index (χ4v) is 1.96. The molecule has 4 N–H and O–H groups in total. The molecule has 1 fully saturated rings. The van der Waals surface area contributed by atoms with E-state index in [1.807, 2.05) is 25.1 Å². The second-order valence-corrected chi connectivity index (χ2v) is 5.42. The van der Waals surface area contributed by atoms with Gasteiger partial charge in [0.25, 0.3) is 5.91 Å². The molecule has 2 rings (SSSR count). The van der Waals surface area contributed by atoms with Gasteiger partial charge in [0.15, 0.2) is 12.6 Å². The zero-order valence-corrected chi connectivity index (χ0v) is 13.0. The number of nitrogens with two attached hydrogens (primary N) is 1. The molecule has 1 aliphatic rings. The lowest BCUT2D eigenvalue weighted by Crippen LogP contribution is -2.38. The monoisotopic (exact) mass is 304 g/mol. The van der Waals surface area contributed by atoms with E-state index in [1.165, 1.54) is 12.8 Å². The SMILES string of the molecule is CCNC(=NCc1cccc(OCC(N)=O)c1)NCC1CC1. The highest BCUT2D eigenvalue weighted by atomic mass is 16.5. The van der Waals surface area contributed by atoms with Gasteiger partial charge in [0.1, 0.15) is 5.75 Å². The minimum absolute atomic E-state index is 0.113. The van der Waals surface area contributed by atoms with E-state index in [9.17, 15) is 4.79 Å². The molecule has 0 heterocycles. The molecule has 0 unspecified atom stereocenters. The molecule has 1 aromatic carbocycles. The number of nitrogens with one attached hydrogen (secondary N) is 2. The van der Waals surface area contributed by atoms with Crippen LogP contribution in [0, 0.1) is 5.92 Å². The van der Waals surface area contributed by atoms with Crippen molar-refractivity contribution in [1.82, 2.24) is 10.6 Å². The number of primary amides is 1. The van der Waals surface area contributed by atoms with E-state index >= 15 is 0 Å². The van der Waals surface area contributed by atoms with Crippen LogP contribution in [-0.4, -0.2) is 31.6 Å². The Hall–Kier alpha value is -2.24. The molecule has 1 aliphatic carbocycles. The molecular weight excluding hydrogens is 280 g/mol. The number of hydrogen-bond acceptors (Lipinski definition) is 3. The average molecular weight is 304 g/mol. The number of nitrogens with zero attached hydrogens (tertiary/aromatic N) is 1. The van der Waals surface area contributed by atoms with Gasteiger partial charge in [0.05, 0.1) is 6.54 Å². The summed E-state index contributed by atoms with van der Waals surface area (Å²) in [5.41, 5.74) is 6.09. The van der Waals surface area contributed by atoms with Gasteiger partial charge >= 0.3 is 0 Å². The van der Waals surface area contributed by atoms with Gasteiger partial charge in [-0.2, -0.15) is 0 Å². The van der Waals surface area contributed by atoms with Crippen molar-refractivity contribution in [2.75, 3.05) is 19.7 Å². The molecule has 1 saturated carbocycles. The molecule has 6 heteroatoms. The number of guanidine groups is 1. The van der Waals surface area contributed by atoms with E-state index in [2.05, 4.69) is 15.6 Å². The molecule has 1 amide bonds. The van der Waals surface area contributed by atoms with Crippen molar-refractivity contribution >= 4 is 11.9 Å². The van der Waals surface area contributed by atoms with E-state index in [4.69, 9.17) is 10.5 Å². The highest BCUT2D eigenvalue weighted by molar-refractivity contribution is 5.79. The summed E-state index contributed by atoms with van der Waals surface area (Å²) in [5, 5.41) is 6.59. The Bertz CT molecular complexity index is 527. The summed E-state index contributed by atoms with van der Waals surface area (Å²) in [4.78, 5) is 15.3. The third kappa shape index (κ3) is 6.03. The normalized spacial score (nSPS) is 14.5. The number of carbonyl (C=O) groups excluding carboxylic acids is 1. The molecule has 0 atom stereocenters. The van der Waals surface area contributed by atoms with Gasteiger partial charge in [-0.3, -0.25) is 4.79 Å². The largest absolute Gasteiger partial charge is 0.484 e. The molecule has 120 valence electrons. The summed E-state index contributed by atoms with van der Waals surface area (Å²) in [6, 6.07) is 7.53. The Balaban J connectivity index is 1.90. The average Bonchev–Trinajstić information content (AvgIpc) is 3.33. The molecule has 0 spiro atoms. The molecule has 22 heavy (non-hydrogen) atoms. The van der Waals surface area contributed by atoms with Crippen LogP contribution >= 0.6 is 0 Å². The molecule has 0 aliphatic heterocycles. The van der Waals surface area contributed by atoms with E-state index in [1.54, 1.807) is 6.07 Å². The molecular formula is C16H24N4O2. The van der Waals surface area contributed by atoms with Crippen molar-refractivity contribution in [3.05, 3.63) is 29.8 Å². The quantitative estimate of drug-likeness (QED) is 0.494. The topological polar surface area (TPSA) is 88.7 Å². The fourth-order valence-electron chi connectivity index (χ4n) is 1.96. The third-order valence-corrected chi connectivity index (χ3v) is 3.30. The number of aliphatic imine (C=N–C) groups is 1. The van der Waals surface area contributed by atoms with Gasteiger partial charge in [-0.05, 0) is 43.4 Å². The lowest BCUT2D eigenvalue weighted by molar-refractivity contribution is -0.119. The van der Waals surface area contributed by atoms with Crippen molar-refractivity contribution < 1.29 is 9.53 Å². The first-order valence-corrected chi connectivity index (χ1v) is 7.69. The first kappa shape index (κ1) is 16.1. The third-order valence-electron chi connectivity index (χ3n) is 3.30. The van der Waals surface area contributed by atoms with Crippen LogP contribution in [0.4, 0.5) is 0 Å². The smallest absolute Gasteiger partial charge is 0.255 e. The number of amides is 1. The van der Waals surface area contributed by atoms with Crippen LogP contribution in [-0.2, 0) is 11.3 Å². The highest BCUT2D eigenvalue weighted by Crippen LogP contribution is 2.27. The van der Waals surface area contributed by atoms with Gasteiger partial charge in [-0.1, -0.05) is 12.1 Å². The Labute approximate surface area is 131 Å². The summed E-state index contributed by atoms with van der Waals surface area (Å²) >= 11 is 0. The number of hydrogen-bond donors (Lipinski definition) is 3. The zero-order valence-electron chi connectivity index (χ0n) is 13.0. The summed E-state index contributed by atoms with van der Waals surface area (Å²) in [5.74, 6) is 1.77. The van der Waals surface area contributed by atoms with Gasteiger partial charge < -0.3 is 21.1 Å². The summed E-state index contributed by atoms with van der Waals surface area (Å²) in [6.45, 7) is 4.30. The lowest BCUT2D eigenvalue weighted by Gasteiger charge is -2.11. The second-order valence-electron chi connectivity index (χ2n) is 5.42. The molecule has 1 aromatic rings. The highest BCUT2D eigenvalue weighted by Gasteiger charge is 2.20. The number of carbonyl (C=O) groups is 1. The Morgan fingerprint density at radius 3 is 2.91 bits per heavy atom. The van der Waals surface area contributed by atoms with Crippen molar-refractivity contribution in [3.63, 3.8) is 0 Å². The van der Waals surface area contributed by atoms with Crippen LogP contribution in [0.25, 0.3) is 0 Å². The van der Waals surface area contributed by atoms with Crippen LogP contribution < -0.4 is 21.1 Å². The van der Waals surface area contributed by atoms with Gasteiger partial charge in [0.2, 0.25) is 0 Å². The predicted molar refractivity (Wildman–Crippen MR) is 86.7 cm³/mol. The fraction of sp³-hybridized carbons (Fsp3) is 0.500. The standard InChI is InChI=1S/C16H24N4O2/c1-2-18-16(19-9-12-6-7-12)20-10-13-4-3-5-14(8-13)22-11-15(17)21/h3-5,8,12H,2,6-7,9-11H2,1H3,(H2,17,21)(H2,18,19,20). The minimum atomic E-state index is -0.484. The van der Waals surface area contributed by atoms with E-state index in [0.29, 0.717) is 12.3 Å². The van der Waals surface area contributed by atoms with Crippen LogP contribution in [0.1, 0.15) is 25.3 Å². The lowest BCUT2D eigenvalue weighted by atomic mass is 10.2. The summed E-state index contributed by atoms with van der Waals surface area (Å²) in [6.07, 6.45) is 2.62. The summed E-state index contributed by atoms with van der Waals surface area (Å²) < 4.78 is 5.30. The van der Waals surface area contributed by atoms with E-state index in [0.717, 1.165) is 30.5 Å². The molecule has 0 bridgehead atoms. The number of rotatable bonds is 8. The maximum absolute atomic E-state index is 10.7. The summed E-state index contributed by atoms with van der Waals surface area (Å²) in [7, 11) is 0. The number of benzene rings is 1. The van der Waals surface area contributed by atoms with Crippen LogP contribution in [0.2, 0.25) is 0 Å². The van der Waals surface area contributed by atoms with Crippen LogP contribution in [0.15, 0.2) is 29.3 Å². The molecule has 0 saturated heterocycles. The zero-order chi connectivity index (χ0) is 15.8. The first-order valence-electron chi connectivity index (χ1n) is 7.69. The minimum Gasteiger partial charge on any atom is -0.484 e. The van der Waals surface area contributed by atoms with Gasteiger partial charge in [0, 0.05) is 13.1 Å². The Morgan fingerprint density at radius 2 is 2.23 bits per heavy atom.